The minimum Gasteiger partial charge on any atom is -0.427 e. The number of rotatable bonds is 4. The topological polar surface area (TPSA) is 96.1 Å². The zero-order chi connectivity index (χ0) is 18.0. The molecule has 0 amide bonds. The number of hydrogen-bond acceptors (Lipinski definition) is 6. The molecule has 1 aromatic heterocycles. The number of aromatic nitrogens is 4. The first kappa shape index (κ1) is 17.1. The lowest BCUT2D eigenvalue weighted by Gasteiger charge is -2.14. The number of tetrazole rings is 1. The SMILES string of the molecule is Cn1nnn(Cc2cc(Cl)ccc2C(=O)OC2=CC(=O)CCC2)c1=O. The number of hydrogen-bond donors (Lipinski definition) is 0. The fourth-order valence-corrected chi connectivity index (χ4v) is 2.71. The number of allylic oxidation sites excluding steroid dienone is 2. The number of carbonyl (C=O) groups excluding carboxylic acids is 2. The van der Waals surface area contributed by atoms with E-state index in [4.69, 9.17) is 16.3 Å². The zero-order valence-electron chi connectivity index (χ0n) is 13.4. The summed E-state index contributed by atoms with van der Waals surface area (Å²) >= 11 is 6.01. The van der Waals surface area contributed by atoms with E-state index in [0.717, 1.165) is 9.36 Å². The molecule has 0 atom stereocenters. The molecule has 1 heterocycles. The molecule has 0 saturated carbocycles. The van der Waals surface area contributed by atoms with Crippen LogP contribution in [0.25, 0.3) is 0 Å². The summed E-state index contributed by atoms with van der Waals surface area (Å²) in [5.41, 5.74) is 0.309. The number of ether oxygens (including phenoxy) is 1. The molecule has 1 aliphatic rings. The van der Waals surface area contributed by atoms with Gasteiger partial charge in [0.1, 0.15) is 5.76 Å². The van der Waals surface area contributed by atoms with Crippen LogP contribution < -0.4 is 5.69 Å². The van der Waals surface area contributed by atoms with E-state index in [1.165, 1.54) is 19.2 Å². The average molecular weight is 363 g/mol. The predicted molar refractivity (Wildman–Crippen MR) is 88.2 cm³/mol. The van der Waals surface area contributed by atoms with Crippen LogP contribution in [-0.4, -0.2) is 31.5 Å². The maximum atomic E-state index is 12.5. The first-order valence-corrected chi connectivity index (χ1v) is 8.02. The van der Waals surface area contributed by atoms with E-state index in [2.05, 4.69) is 10.4 Å². The molecule has 0 unspecified atom stereocenters. The molecule has 130 valence electrons. The van der Waals surface area contributed by atoms with Crippen molar-refractivity contribution in [3.8, 4) is 0 Å². The second-order valence-corrected chi connectivity index (χ2v) is 6.10. The van der Waals surface area contributed by atoms with Gasteiger partial charge in [-0.1, -0.05) is 11.6 Å². The average Bonchev–Trinajstić information content (AvgIpc) is 2.87. The number of esters is 1. The molecule has 2 aromatic rings. The van der Waals surface area contributed by atoms with Gasteiger partial charge in [-0.25, -0.2) is 9.59 Å². The van der Waals surface area contributed by atoms with E-state index in [1.54, 1.807) is 12.1 Å². The van der Waals surface area contributed by atoms with Crippen molar-refractivity contribution in [3.05, 3.63) is 56.7 Å². The van der Waals surface area contributed by atoms with Crippen LogP contribution in [0.5, 0.6) is 0 Å². The summed E-state index contributed by atoms with van der Waals surface area (Å²) in [5.74, 6) is -0.320. The standard InChI is InChI=1S/C16H15ClN4O4/c1-20-16(24)21(19-18-20)9-10-7-11(17)5-6-14(10)15(23)25-13-4-2-3-12(22)8-13/h5-8H,2-4,9H2,1H3. The van der Waals surface area contributed by atoms with Crippen LogP contribution >= 0.6 is 11.6 Å². The molecule has 8 nitrogen and oxygen atoms in total. The normalized spacial score (nSPS) is 14.3. The highest BCUT2D eigenvalue weighted by Gasteiger charge is 2.19. The quantitative estimate of drug-likeness (QED) is 0.764. The van der Waals surface area contributed by atoms with Gasteiger partial charge in [0.2, 0.25) is 0 Å². The van der Waals surface area contributed by atoms with Crippen molar-refractivity contribution in [1.29, 1.82) is 0 Å². The van der Waals surface area contributed by atoms with Gasteiger partial charge in [0.15, 0.2) is 5.78 Å². The summed E-state index contributed by atoms with van der Waals surface area (Å²) in [6.45, 7) is 0.0235. The van der Waals surface area contributed by atoms with Crippen LogP contribution in [0.3, 0.4) is 0 Å². The smallest absolute Gasteiger partial charge is 0.363 e. The van der Waals surface area contributed by atoms with Crippen LogP contribution in [0.1, 0.15) is 35.2 Å². The Balaban J connectivity index is 1.88. The van der Waals surface area contributed by atoms with Crippen molar-refractivity contribution in [3.63, 3.8) is 0 Å². The molecule has 0 saturated heterocycles. The highest BCUT2D eigenvalue weighted by molar-refractivity contribution is 6.30. The van der Waals surface area contributed by atoms with Crippen molar-refractivity contribution < 1.29 is 14.3 Å². The molecule has 0 N–H and O–H groups in total. The molecule has 0 aliphatic heterocycles. The molecule has 0 spiro atoms. The number of nitrogens with zero attached hydrogens (tertiary/aromatic N) is 4. The minimum atomic E-state index is -0.607. The van der Waals surface area contributed by atoms with Gasteiger partial charge in [-0.05, 0) is 40.6 Å². The number of carbonyl (C=O) groups is 2. The Bertz CT molecular complexity index is 928. The lowest BCUT2D eigenvalue weighted by Crippen LogP contribution is -2.24. The van der Waals surface area contributed by atoms with Crippen molar-refractivity contribution in [2.24, 2.45) is 7.05 Å². The Morgan fingerprint density at radius 1 is 1.28 bits per heavy atom. The Morgan fingerprint density at radius 2 is 2.08 bits per heavy atom. The maximum Gasteiger partial charge on any atom is 0.363 e. The summed E-state index contributed by atoms with van der Waals surface area (Å²) in [5, 5.41) is 7.78. The van der Waals surface area contributed by atoms with Crippen LogP contribution in [0.15, 0.2) is 34.8 Å². The summed E-state index contributed by atoms with van der Waals surface area (Å²) < 4.78 is 7.53. The van der Waals surface area contributed by atoms with E-state index in [1.807, 2.05) is 0 Å². The van der Waals surface area contributed by atoms with Crippen LogP contribution in [-0.2, 0) is 23.1 Å². The van der Waals surface area contributed by atoms with Crippen molar-refractivity contribution in [2.75, 3.05) is 0 Å². The minimum absolute atomic E-state index is 0.0235. The molecular weight excluding hydrogens is 348 g/mol. The lowest BCUT2D eigenvalue weighted by molar-refractivity contribution is -0.115. The number of benzene rings is 1. The summed E-state index contributed by atoms with van der Waals surface area (Å²) in [7, 11) is 1.48. The predicted octanol–water partition coefficient (Wildman–Crippen LogP) is 1.47. The van der Waals surface area contributed by atoms with Crippen molar-refractivity contribution >= 4 is 23.4 Å². The third-order valence-electron chi connectivity index (χ3n) is 3.78. The van der Waals surface area contributed by atoms with Crippen molar-refractivity contribution in [1.82, 2.24) is 19.8 Å². The zero-order valence-corrected chi connectivity index (χ0v) is 14.2. The summed E-state index contributed by atoms with van der Waals surface area (Å²) in [4.78, 5) is 35.8. The third kappa shape index (κ3) is 3.85. The lowest BCUT2D eigenvalue weighted by atomic mass is 10.0. The van der Waals surface area contributed by atoms with Crippen molar-refractivity contribution in [2.45, 2.75) is 25.8 Å². The van der Waals surface area contributed by atoms with Crippen LogP contribution in [0.4, 0.5) is 0 Å². The van der Waals surface area contributed by atoms with E-state index in [0.29, 0.717) is 35.6 Å². The molecule has 1 aliphatic carbocycles. The van der Waals surface area contributed by atoms with Gasteiger partial charge in [-0.15, -0.1) is 0 Å². The summed E-state index contributed by atoms with van der Waals surface area (Å²) in [6, 6.07) is 4.65. The number of ketones is 1. The maximum absolute atomic E-state index is 12.5. The van der Waals surface area contributed by atoms with Gasteiger partial charge in [-0.2, -0.15) is 9.36 Å². The van der Waals surface area contributed by atoms with Crippen LogP contribution in [0, 0.1) is 0 Å². The molecule has 25 heavy (non-hydrogen) atoms. The van der Waals surface area contributed by atoms with Crippen LogP contribution in [0.2, 0.25) is 5.02 Å². The van der Waals surface area contributed by atoms with E-state index in [9.17, 15) is 14.4 Å². The Kier molecular flexibility index (Phi) is 4.80. The molecule has 1 aromatic carbocycles. The van der Waals surface area contributed by atoms with E-state index in [-0.39, 0.29) is 17.9 Å². The Morgan fingerprint density at radius 3 is 2.76 bits per heavy atom. The molecule has 9 heteroatoms. The fourth-order valence-electron chi connectivity index (χ4n) is 2.52. The van der Waals surface area contributed by atoms with Gasteiger partial charge < -0.3 is 4.74 Å². The van der Waals surface area contributed by atoms with Gasteiger partial charge in [-0.3, -0.25) is 4.79 Å². The molecule has 3 rings (SSSR count). The molecule has 0 radical (unpaired) electrons. The molecule has 0 bridgehead atoms. The second-order valence-electron chi connectivity index (χ2n) is 5.66. The fraction of sp³-hybridized carbons (Fsp3) is 0.312. The number of halogens is 1. The Labute approximate surface area is 147 Å². The Hall–Kier alpha value is -2.74. The third-order valence-corrected chi connectivity index (χ3v) is 4.01. The number of aryl methyl sites for hydroxylation is 1. The second kappa shape index (κ2) is 7.02. The van der Waals surface area contributed by atoms with Gasteiger partial charge in [0.05, 0.1) is 12.1 Å². The first-order chi connectivity index (χ1) is 11.9. The van der Waals surface area contributed by atoms with E-state index >= 15 is 0 Å². The van der Waals surface area contributed by atoms with Gasteiger partial charge in [0, 0.05) is 31.0 Å². The molecule has 0 fully saturated rings. The highest BCUT2D eigenvalue weighted by Crippen LogP contribution is 2.21. The van der Waals surface area contributed by atoms with Gasteiger partial charge in [0.25, 0.3) is 0 Å². The largest absolute Gasteiger partial charge is 0.427 e. The monoisotopic (exact) mass is 362 g/mol. The van der Waals surface area contributed by atoms with Gasteiger partial charge >= 0.3 is 11.7 Å². The summed E-state index contributed by atoms with van der Waals surface area (Å²) in [6.07, 6.45) is 3.00. The van der Waals surface area contributed by atoms with E-state index < -0.39 is 11.7 Å². The first-order valence-electron chi connectivity index (χ1n) is 7.65. The molecular formula is C16H15ClN4O4. The highest BCUT2D eigenvalue weighted by atomic mass is 35.5.